The van der Waals surface area contributed by atoms with Crippen LogP contribution in [0.15, 0.2) is 24.3 Å². The first kappa shape index (κ1) is 25.0. The van der Waals surface area contributed by atoms with Crippen molar-refractivity contribution in [1.82, 2.24) is 20.4 Å². The van der Waals surface area contributed by atoms with Crippen molar-refractivity contribution in [2.24, 2.45) is 0 Å². The highest BCUT2D eigenvalue weighted by Crippen LogP contribution is 2.18. The summed E-state index contributed by atoms with van der Waals surface area (Å²) in [4.78, 5) is 17.1. The molecule has 2 rings (SSSR count). The lowest BCUT2D eigenvalue weighted by molar-refractivity contribution is 0.0642. The first-order valence-electron chi connectivity index (χ1n) is 11.8. The third-order valence-electron chi connectivity index (χ3n) is 5.85. The molecule has 0 radical (unpaired) electrons. The summed E-state index contributed by atoms with van der Waals surface area (Å²) in [6.07, 6.45) is 8.16. The molecule has 170 valence electrons. The summed E-state index contributed by atoms with van der Waals surface area (Å²) >= 11 is 6.01. The Hall–Kier alpha value is -1.30. The van der Waals surface area contributed by atoms with Crippen molar-refractivity contribution < 1.29 is 4.79 Å². The van der Waals surface area contributed by atoms with Crippen LogP contribution in [0.1, 0.15) is 64.4 Å². The summed E-state index contributed by atoms with van der Waals surface area (Å²) < 4.78 is 0. The van der Waals surface area contributed by atoms with Crippen LogP contribution in [0, 0.1) is 0 Å². The van der Waals surface area contributed by atoms with E-state index >= 15 is 0 Å². The molecular formula is C24H41ClN4O. The van der Waals surface area contributed by atoms with Gasteiger partial charge in [-0.25, -0.2) is 4.79 Å². The SMILES string of the molecule is CCCCCCNC(=O)NCCCN1CCN(Cc2ccc(Cl)cc2)CC1CCC. The largest absolute Gasteiger partial charge is 0.338 e. The second-order valence-electron chi connectivity index (χ2n) is 8.44. The Morgan fingerprint density at radius 3 is 2.43 bits per heavy atom. The van der Waals surface area contributed by atoms with Gasteiger partial charge in [-0.15, -0.1) is 0 Å². The van der Waals surface area contributed by atoms with Crippen molar-refractivity contribution in [3.63, 3.8) is 0 Å². The lowest BCUT2D eigenvalue weighted by atomic mass is 10.1. The molecule has 0 saturated carbocycles. The van der Waals surface area contributed by atoms with Gasteiger partial charge in [-0.1, -0.05) is 63.3 Å². The van der Waals surface area contributed by atoms with Gasteiger partial charge in [0, 0.05) is 56.9 Å². The molecule has 0 bridgehead atoms. The normalized spacial score (nSPS) is 17.8. The maximum absolute atomic E-state index is 11.9. The molecular weight excluding hydrogens is 396 g/mol. The molecule has 2 amide bonds. The van der Waals surface area contributed by atoms with E-state index in [0.29, 0.717) is 6.04 Å². The lowest BCUT2D eigenvalue weighted by Gasteiger charge is -2.41. The van der Waals surface area contributed by atoms with Crippen molar-refractivity contribution in [3.05, 3.63) is 34.9 Å². The number of benzene rings is 1. The molecule has 1 saturated heterocycles. The molecule has 0 aliphatic carbocycles. The fourth-order valence-corrected chi connectivity index (χ4v) is 4.28. The van der Waals surface area contributed by atoms with Crippen LogP contribution in [0.2, 0.25) is 5.02 Å². The van der Waals surface area contributed by atoms with Gasteiger partial charge >= 0.3 is 6.03 Å². The van der Waals surface area contributed by atoms with Crippen LogP contribution in [0.25, 0.3) is 0 Å². The Kier molecular flexibility index (Phi) is 12.2. The van der Waals surface area contributed by atoms with Crippen molar-refractivity contribution in [1.29, 1.82) is 0 Å². The third-order valence-corrected chi connectivity index (χ3v) is 6.11. The van der Waals surface area contributed by atoms with Crippen LogP contribution in [-0.2, 0) is 6.54 Å². The zero-order valence-corrected chi connectivity index (χ0v) is 19.7. The fourth-order valence-electron chi connectivity index (χ4n) is 4.15. The predicted octanol–water partition coefficient (Wildman–Crippen LogP) is 4.90. The summed E-state index contributed by atoms with van der Waals surface area (Å²) in [7, 11) is 0. The van der Waals surface area contributed by atoms with Crippen molar-refractivity contribution in [3.8, 4) is 0 Å². The first-order chi connectivity index (χ1) is 14.6. The average Bonchev–Trinajstić information content (AvgIpc) is 2.74. The van der Waals surface area contributed by atoms with Crippen LogP contribution in [0.5, 0.6) is 0 Å². The zero-order valence-electron chi connectivity index (χ0n) is 19.0. The summed E-state index contributed by atoms with van der Waals surface area (Å²) in [5, 5.41) is 6.77. The Balaban J connectivity index is 1.65. The molecule has 1 heterocycles. The standard InChI is InChI=1S/C24H41ClN4O/c1-3-5-6-7-14-26-24(30)27-15-8-16-29-18-17-28(20-23(29)9-4-2)19-21-10-12-22(25)13-11-21/h10-13,23H,3-9,14-20H2,1-2H3,(H2,26,27,30). The number of piperazine rings is 1. The molecule has 1 aromatic rings. The van der Waals surface area contributed by atoms with Gasteiger partial charge in [0.15, 0.2) is 0 Å². The number of nitrogens with zero attached hydrogens (tertiary/aromatic N) is 2. The van der Waals surface area contributed by atoms with Gasteiger partial charge in [-0.2, -0.15) is 0 Å². The Bertz CT molecular complexity index is 595. The lowest BCUT2D eigenvalue weighted by Crippen LogP contribution is -2.53. The Labute approximate surface area is 188 Å². The molecule has 2 N–H and O–H groups in total. The number of nitrogens with one attached hydrogen (secondary N) is 2. The number of carbonyl (C=O) groups excluding carboxylic acids is 1. The van der Waals surface area contributed by atoms with Gasteiger partial charge in [0.1, 0.15) is 0 Å². The van der Waals surface area contributed by atoms with Gasteiger partial charge < -0.3 is 10.6 Å². The first-order valence-corrected chi connectivity index (χ1v) is 12.2. The molecule has 1 aliphatic rings. The maximum atomic E-state index is 11.9. The molecule has 6 heteroatoms. The molecule has 5 nitrogen and oxygen atoms in total. The molecule has 1 aliphatic heterocycles. The minimum absolute atomic E-state index is 0.0237. The van der Waals surface area contributed by atoms with Crippen LogP contribution in [0.4, 0.5) is 4.79 Å². The Morgan fingerprint density at radius 1 is 1.00 bits per heavy atom. The topological polar surface area (TPSA) is 47.6 Å². The summed E-state index contributed by atoms with van der Waals surface area (Å²) in [6.45, 7) is 11.3. The van der Waals surface area contributed by atoms with Gasteiger partial charge in [0.25, 0.3) is 0 Å². The summed E-state index contributed by atoms with van der Waals surface area (Å²) in [6, 6.07) is 8.79. The second-order valence-corrected chi connectivity index (χ2v) is 8.87. The predicted molar refractivity (Wildman–Crippen MR) is 127 cm³/mol. The number of halogens is 1. The highest BCUT2D eigenvalue weighted by Gasteiger charge is 2.25. The van der Waals surface area contributed by atoms with E-state index in [1.54, 1.807) is 0 Å². The number of amides is 2. The van der Waals surface area contributed by atoms with E-state index in [1.165, 1.54) is 37.7 Å². The quantitative estimate of drug-likeness (QED) is 0.432. The number of hydrogen-bond acceptors (Lipinski definition) is 3. The third kappa shape index (κ3) is 9.67. The van der Waals surface area contributed by atoms with Gasteiger partial charge in [0.05, 0.1) is 0 Å². The van der Waals surface area contributed by atoms with Crippen molar-refractivity contribution >= 4 is 17.6 Å². The molecule has 0 aromatic heterocycles. The van der Waals surface area contributed by atoms with E-state index in [4.69, 9.17) is 11.6 Å². The fraction of sp³-hybridized carbons (Fsp3) is 0.708. The van der Waals surface area contributed by atoms with E-state index in [2.05, 4.69) is 46.4 Å². The molecule has 1 aromatic carbocycles. The van der Waals surface area contributed by atoms with E-state index in [-0.39, 0.29) is 6.03 Å². The Morgan fingerprint density at radius 2 is 1.73 bits per heavy atom. The minimum atomic E-state index is -0.0237. The molecule has 30 heavy (non-hydrogen) atoms. The molecule has 1 atom stereocenters. The van der Waals surface area contributed by atoms with Crippen molar-refractivity contribution in [2.75, 3.05) is 39.3 Å². The molecule has 0 spiro atoms. The number of unbranched alkanes of at least 4 members (excludes halogenated alkanes) is 3. The molecule has 1 fully saturated rings. The van der Waals surface area contributed by atoms with Gasteiger partial charge in [0.2, 0.25) is 0 Å². The van der Waals surface area contributed by atoms with Gasteiger partial charge in [-0.05, 0) is 37.0 Å². The van der Waals surface area contributed by atoms with Crippen LogP contribution >= 0.6 is 11.6 Å². The number of hydrogen-bond donors (Lipinski definition) is 2. The highest BCUT2D eigenvalue weighted by atomic mass is 35.5. The van der Waals surface area contributed by atoms with Crippen LogP contribution in [0.3, 0.4) is 0 Å². The smallest absolute Gasteiger partial charge is 0.314 e. The monoisotopic (exact) mass is 436 g/mol. The minimum Gasteiger partial charge on any atom is -0.338 e. The van der Waals surface area contributed by atoms with Gasteiger partial charge in [-0.3, -0.25) is 9.80 Å². The zero-order chi connectivity index (χ0) is 21.6. The van der Waals surface area contributed by atoms with E-state index < -0.39 is 0 Å². The number of urea groups is 1. The highest BCUT2D eigenvalue weighted by molar-refractivity contribution is 6.30. The maximum Gasteiger partial charge on any atom is 0.314 e. The average molecular weight is 437 g/mol. The number of carbonyl (C=O) groups is 1. The van der Waals surface area contributed by atoms with E-state index in [0.717, 1.165) is 63.7 Å². The second kappa shape index (κ2) is 14.7. The molecule has 1 unspecified atom stereocenters. The van der Waals surface area contributed by atoms with Crippen molar-refractivity contribution in [2.45, 2.75) is 71.4 Å². The van der Waals surface area contributed by atoms with E-state index in [1.807, 2.05) is 12.1 Å². The van der Waals surface area contributed by atoms with Crippen LogP contribution < -0.4 is 10.6 Å². The summed E-state index contributed by atoms with van der Waals surface area (Å²) in [5.74, 6) is 0. The summed E-state index contributed by atoms with van der Waals surface area (Å²) in [5.41, 5.74) is 1.33. The van der Waals surface area contributed by atoms with E-state index in [9.17, 15) is 4.79 Å². The number of rotatable bonds is 13. The van der Waals surface area contributed by atoms with Crippen LogP contribution in [-0.4, -0.2) is 61.1 Å².